The zero-order chi connectivity index (χ0) is 13.5. The molecular formula is C13H21NO4. The van der Waals surface area contributed by atoms with Gasteiger partial charge in [-0.2, -0.15) is 0 Å². The average molecular weight is 255 g/mol. The van der Waals surface area contributed by atoms with E-state index in [9.17, 15) is 14.7 Å². The standard InChI is InChI=1S/C13H21NO4/c1-13(2,3)18-12(17)14(9-6-7-9)10(11(15)16)8-4-5-8/h8-10H,4-7H2,1-3H3,(H,15,16). The second-order valence-corrected chi connectivity index (χ2v) is 6.24. The van der Waals surface area contributed by atoms with Gasteiger partial charge in [-0.3, -0.25) is 4.90 Å². The number of carbonyl (C=O) groups excluding carboxylic acids is 1. The first-order valence-electron chi connectivity index (χ1n) is 6.54. The van der Waals surface area contributed by atoms with Gasteiger partial charge in [-0.1, -0.05) is 0 Å². The first-order chi connectivity index (χ1) is 8.29. The summed E-state index contributed by atoms with van der Waals surface area (Å²) >= 11 is 0. The van der Waals surface area contributed by atoms with Crippen LogP contribution < -0.4 is 0 Å². The summed E-state index contributed by atoms with van der Waals surface area (Å²) in [5.74, 6) is -0.800. The van der Waals surface area contributed by atoms with Gasteiger partial charge in [0.25, 0.3) is 0 Å². The zero-order valence-corrected chi connectivity index (χ0v) is 11.2. The molecule has 2 aliphatic rings. The van der Waals surface area contributed by atoms with Gasteiger partial charge in [0.05, 0.1) is 0 Å². The Balaban J connectivity index is 2.11. The van der Waals surface area contributed by atoms with E-state index in [1.54, 1.807) is 20.8 Å². The van der Waals surface area contributed by atoms with E-state index in [0.717, 1.165) is 25.7 Å². The maximum absolute atomic E-state index is 12.2. The topological polar surface area (TPSA) is 66.8 Å². The molecule has 102 valence electrons. The van der Waals surface area contributed by atoms with Gasteiger partial charge in [0.1, 0.15) is 11.6 Å². The van der Waals surface area contributed by atoms with Crippen LogP contribution in [0.25, 0.3) is 0 Å². The predicted molar refractivity (Wildman–Crippen MR) is 65.2 cm³/mol. The molecular weight excluding hydrogens is 234 g/mol. The smallest absolute Gasteiger partial charge is 0.411 e. The van der Waals surface area contributed by atoms with Gasteiger partial charge >= 0.3 is 12.1 Å². The number of amides is 1. The lowest BCUT2D eigenvalue weighted by Gasteiger charge is -2.31. The zero-order valence-electron chi connectivity index (χ0n) is 11.2. The summed E-state index contributed by atoms with van der Waals surface area (Å²) < 4.78 is 5.33. The van der Waals surface area contributed by atoms with Crippen molar-refractivity contribution in [3.63, 3.8) is 0 Å². The number of ether oxygens (including phenoxy) is 1. The Bertz CT molecular complexity index is 352. The second-order valence-electron chi connectivity index (χ2n) is 6.24. The molecule has 0 bridgehead atoms. The Hall–Kier alpha value is -1.26. The molecule has 0 heterocycles. The predicted octanol–water partition coefficient (Wildman–Crippen LogP) is 2.25. The van der Waals surface area contributed by atoms with Crippen LogP contribution in [0.3, 0.4) is 0 Å². The van der Waals surface area contributed by atoms with Gasteiger partial charge in [0, 0.05) is 6.04 Å². The van der Waals surface area contributed by atoms with Crippen LogP contribution in [-0.2, 0) is 9.53 Å². The molecule has 0 aromatic rings. The van der Waals surface area contributed by atoms with Gasteiger partial charge in [0.2, 0.25) is 0 Å². The van der Waals surface area contributed by atoms with E-state index in [1.165, 1.54) is 4.90 Å². The maximum Gasteiger partial charge on any atom is 0.411 e. The summed E-state index contributed by atoms with van der Waals surface area (Å²) in [6.45, 7) is 5.38. The highest BCUT2D eigenvalue weighted by Gasteiger charge is 2.48. The highest BCUT2D eigenvalue weighted by Crippen LogP contribution is 2.40. The van der Waals surface area contributed by atoms with Crippen LogP contribution >= 0.6 is 0 Å². The fourth-order valence-corrected chi connectivity index (χ4v) is 2.12. The molecule has 2 fully saturated rings. The number of aliphatic carboxylic acids is 1. The van der Waals surface area contributed by atoms with Crippen LogP contribution in [0.1, 0.15) is 46.5 Å². The summed E-state index contributed by atoms with van der Waals surface area (Å²) in [4.78, 5) is 25.0. The van der Waals surface area contributed by atoms with Gasteiger partial charge in [0.15, 0.2) is 0 Å². The maximum atomic E-state index is 12.2. The molecule has 1 amide bonds. The largest absolute Gasteiger partial charge is 0.480 e. The van der Waals surface area contributed by atoms with Crippen LogP contribution in [0.15, 0.2) is 0 Å². The van der Waals surface area contributed by atoms with Crippen molar-refractivity contribution >= 4 is 12.1 Å². The molecule has 0 aromatic carbocycles. The lowest BCUT2D eigenvalue weighted by molar-refractivity contribution is -0.144. The molecule has 2 aliphatic carbocycles. The van der Waals surface area contributed by atoms with E-state index >= 15 is 0 Å². The van der Waals surface area contributed by atoms with Gasteiger partial charge < -0.3 is 9.84 Å². The van der Waals surface area contributed by atoms with E-state index in [1.807, 2.05) is 0 Å². The third kappa shape index (κ3) is 3.15. The first-order valence-corrected chi connectivity index (χ1v) is 6.54. The minimum atomic E-state index is -0.907. The molecule has 1 N–H and O–H groups in total. The number of rotatable bonds is 4. The first kappa shape index (κ1) is 13.2. The van der Waals surface area contributed by atoms with Gasteiger partial charge in [-0.25, -0.2) is 9.59 Å². The Morgan fingerprint density at radius 2 is 1.78 bits per heavy atom. The highest BCUT2D eigenvalue weighted by molar-refractivity contribution is 5.81. The fraction of sp³-hybridized carbons (Fsp3) is 0.846. The molecule has 0 aromatic heterocycles. The lowest BCUT2D eigenvalue weighted by atomic mass is 10.1. The molecule has 2 rings (SSSR count). The summed E-state index contributed by atoms with van der Waals surface area (Å²) in [7, 11) is 0. The number of carboxylic acids is 1. The van der Waals surface area contributed by atoms with Crippen molar-refractivity contribution in [2.75, 3.05) is 0 Å². The Morgan fingerprint density at radius 1 is 1.22 bits per heavy atom. The third-order valence-corrected chi connectivity index (χ3v) is 3.17. The lowest BCUT2D eigenvalue weighted by Crippen LogP contribution is -2.49. The number of hydrogen-bond donors (Lipinski definition) is 1. The number of carbonyl (C=O) groups is 2. The van der Waals surface area contributed by atoms with E-state index in [0.29, 0.717) is 0 Å². The van der Waals surface area contributed by atoms with Crippen LogP contribution in [0.4, 0.5) is 4.79 Å². The molecule has 1 atom stereocenters. The van der Waals surface area contributed by atoms with Crippen LogP contribution in [0.5, 0.6) is 0 Å². The van der Waals surface area contributed by atoms with Crippen molar-refractivity contribution in [2.24, 2.45) is 5.92 Å². The Morgan fingerprint density at radius 3 is 2.11 bits per heavy atom. The molecule has 0 spiro atoms. The van der Waals surface area contributed by atoms with Crippen molar-refractivity contribution in [3.8, 4) is 0 Å². The Labute approximate surface area is 107 Å². The summed E-state index contributed by atoms with van der Waals surface area (Å²) in [6, 6.07) is -0.645. The highest BCUT2D eigenvalue weighted by atomic mass is 16.6. The SMILES string of the molecule is CC(C)(C)OC(=O)N(C1CC1)C(C(=O)O)C1CC1. The van der Waals surface area contributed by atoms with E-state index in [-0.39, 0.29) is 12.0 Å². The van der Waals surface area contributed by atoms with E-state index < -0.39 is 23.7 Å². The van der Waals surface area contributed by atoms with E-state index in [2.05, 4.69) is 0 Å². The van der Waals surface area contributed by atoms with Crippen molar-refractivity contribution in [1.29, 1.82) is 0 Å². The minimum Gasteiger partial charge on any atom is -0.480 e. The molecule has 2 saturated carbocycles. The molecule has 0 radical (unpaired) electrons. The number of carboxylic acid groups (broad SMARTS) is 1. The van der Waals surface area contributed by atoms with E-state index in [4.69, 9.17) is 4.74 Å². The summed E-state index contributed by atoms with van der Waals surface area (Å²) in [6.07, 6.45) is 3.07. The minimum absolute atomic E-state index is 0.0570. The van der Waals surface area contributed by atoms with Crippen LogP contribution in [-0.4, -0.2) is 39.8 Å². The quantitative estimate of drug-likeness (QED) is 0.836. The van der Waals surface area contributed by atoms with Gasteiger partial charge in [-0.05, 0) is 52.4 Å². The monoisotopic (exact) mass is 255 g/mol. The molecule has 5 heteroatoms. The van der Waals surface area contributed by atoms with Crippen molar-refractivity contribution < 1.29 is 19.4 Å². The number of hydrogen-bond acceptors (Lipinski definition) is 3. The molecule has 0 saturated heterocycles. The van der Waals surface area contributed by atoms with Crippen molar-refractivity contribution in [3.05, 3.63) is 0 Å². The summed E-state index contributed by atoms with van der Waals surface area (Å²) in [5.41, 5.74) is -0.586. The molecule has 5 nitrogen and oxygen atoms in total. The van der Waals surface area contributed by atoms with Crippen molar-refractivity contribution in [1.82, 2.24) is 4.90 Å². The van der Waals surface area contributed by atoms with Crippen molar-refractivity contribution in [2.45, 2.75) is 64.1 Å². The molecule has 0 aliphatic heterocycles. The van der Waals surface area contributed by atoms with Gasteiger partial charge in [-0.15, -0.1) is 0 Å². The Kier molecular flexibility index (Phi) is 3.25. The fourth-order valence-electron chi connectivity index (χ4n) is 2.12. The number of nitrogens with zero attached hydrogens (tertiary/aromatic N) is 1. The normalized spacial score (nSPS) is 21.3. The third-order valence-electron chi connectivity index (χ3n) is 3.17. The van der Waals surface area contributed by atoms with Crippen LogP contribution in [0, 0.1) is 5.92 Å². The summed E-state index contributed by atoms with van der Waals surface area (Å²) in [5, 5.41) is 9.33. The molecule has 1 unspecified atom stereocenters. The average Bonchev–Trinajstić information content (AvgIpc) is 3.02. The van der Waals surface area contributed by atoms with Crippen LogP contribution in [0.2, 0.25) is 0 Å². The molecule has 18 heavy (non-hydrogen) atoms. The second kappa shape index (κ2) is 4.44.